The third-order valence-corrected chi connectivity index (χ3v) is 2.71. The number of benzene rings is 2. The van der Waals surface area contributed by atoms with Crippen LogP contribution in [0.3, 0.4) is 0 Å². The second kappa shape index (κ2) is 5.10. The zero-order valence-corrected chi connectivity index (χ0v) is 10.0. The Balaban J connectivity index is 2.54. The van der Waals surface area contributed by atoms with Gasteiger partial charge in [-0.2, -0.15) is 9.68 Å². The quantitative estimate of drug-likeness (QED) is 0.591. The van der Waals surface area contributed by atoms with Gasteiger partial charge < -0.3 is 0 Å². The van der Waals surface area contributed by atoms with Gasteiger partial charge in [0.05, 0.1) is 0 Å². The van der Waals surface area contributed by atoms with Gasteiger partial charge in [-0.1, -0.05) is 36.4 Å². The van der Waals surface area contributed by atoms with Crippen LogP contribution >= 0.6 is 0 Å². The first-order chi connectivity index (χ1) is 8.33. The van der Waals surface area contributed by atoms with Crippen LogP contribution in [-0.2, 0) is 9.68 Å². The largest absolute Gasteiger partial charge is 0.205 e. The molecule has 17 heavy (non-hydrogen) atoms. The Bertz CT molecular complexity index is 411. The van der Waals surface area contributed by atoms with Gasteiger partial charge in [-0.15, -0.1) is 0 Å². The summed E-state index contributed by atoms with van der Waals surface area (Å²) in [6.07, 6.45) is 0. The molecule has 3 heteroatoms. The molecule has 0 atom stereocenters. The van der Waals surface area contributed by atoms with Gasteiger partial charge in [-0.25, -0.2) is 0 Å². The molecule has 0 saturated heterocycles. The van der Waals surface area contributed by atoms with Crippen molar-refractivity contribution >= 4 is 11.4 Å². The standard InChI is InChI=1S/C14H16NO2/c1-16-15(17-2,13-9-5-3-6-10-13)14-11-7-4-8-12-14/h3-12H,1-2H3/q+1. The molecule has 0 fully saturated rings. The van der Waals surface area contributed by atoms with Crippen molar-refractivity contribution in [3.63, 3.8) is 0 Å². The average Bonchev–Trinajstić information content (AvgIpc) is 2.43. The molecule has 2 rings (SSSR count). The Morgan fingerprint density at radius 2 is 1.00 bits per heavy atom. The molecule has 0 bridgehead atoms. The van der Waals surface area contributed by atoms with E-state index >= 15 is 0 Å². The molecule has 0 spiro atoms. The molecule has 0 aliphatic heterocycles. The maximum Gasteiger partial charge on any atom is 0.205 e. The molecule has 0 N–H and O–H groups in total. The normalized spacial score (nSPS) is 11.4. The maximum atomic E-state index is 5.57. The summed E-state index contributed by atoms with van der Waals surface area (Å²) in [6, 6.07) is 19.7. The van der Waals surface area contributed by atoms with Crippen LogP contribution in [0.1, 0.15) is 0 Å². The van der Waals surface area contributed by atoms with E-state index in [1.807, 2.05) is 60.7 Å². The Kier molecular flexibility index (Phi) is 3.54. The van der Waals surface area contributed by atoms with E-state index in [9.17, 15) is 0 Å². The molecule has 88 valence electrons. The third kappa shape index (κ3) is 2.08. The summed E-state index contributed by atoms with van der Waals surface area (Å²) in [4.78, 5) is 11.1. The van der Waals surface area contributed by atoms with Crippen molar-refractivity contribution < 1.29 is 9.68 Å². The third-order valence-electron chi connectivity index (χ3n) is 2.71. The first-order valence-corrected chi connectivity index (χ1v) is 5.45. The van der Waals surface area contributed by atoms with Crippen molar-refractivity contribution in [1.29, 1.82) is 0 Å². The van der Waals surface area contributed by atoms with Crippen LogP contribution in [0, 0.1) is 0 Å². The Morgan fingerprint density at radius 3 is 1.29 bits per heavy atom. The molecule has 0 radical (unpaired) electrons. The van der Waals surface area contributed by atoms with E-state index in [2.05, 4.69) is 0 Å². The molecule has 0 saturated carbocycles. The summed E-state index contributed by atoms with van der Waals surface area (Å²) in [5.74, 6) is 0. The maximum absolute atomic E-state index is 5.57. The van der Waals surface area contributed by atoms with Gasteiger partial charge in [0.1, 0.15) is 14.2 Å². The zero-order chi connectivity index (χ0) is 12.1. The highest BCUT2D eigenvalue weighted by Gasteiger charge is 2.36. The predicted octanol–water partition coefficient (Wildman–Crippen LogP) is 3.45. The highest BCUT2D eigenvalue weighted by molar-refractivity contribution is 5.53. The molecule has 0 aliphatic carbocycles. The fourth-order valence-corrected chi connectivity index (χ4v) is 1.89. The first kappa shape index (κ1) is 11.8. The fourth-order valence-electron chi connectivity index (χ4n) is 1.89. The monoisotopic (exact) mass is 230 g/mol. The molecule has 0 heterocycles. The molecule has 2 aromatic rings. The van der Waals surface area contributed by atoms with Gasteiger partial charge in [-0.05, 0) is 0 Å². The number of para-hydroxylation sites is 2. The number of hydrogen-bond acceptors (Lipinski definition) is 2. The van der Waals surface area contributed by atoms with Crippen LogP contribution in [0.15, 0.2) is 60.7 Å². The highest BCUT2D eigenvalue weighted by Crippen LogP contribution is 2.34. The second-order valence-corrected chi connectivity index (χ2v) is 3.59. The minimum Gasteiger partial charge on any atom is -0.160 e. The summed E-state index contributed by atoms with van der Waals surface area (Å²) in [7, 11) is 3.26. The lowest BCUT2D eigenvalue weighted by molar-refractivity contribution is -0.286. The molecule has 0 unspecified atom stereocenters. The van der Waals surface area contributed by atoms with Crippen molar-refractivity contribution in [2.24, 2.45) is 0 Å². The summed E-state index contributed by atoms with van der Waals surface area (Å²) >= 11 is 0. The van der Waals surface area contributed by atoms with E-state index < -0.39 is 0 Å². The van der Waals surface area contributed by atoms with Gasteiger partial charge in [0.2, 0.25) is 11.4 Å². The van der Waals surface area contributed by atoms with Gasteiger partial charge in [0.15, 0.2) is 0 Å². The first-order valence-electron chi connectivity index (χ1n) is 5.45. The molecule has 0 amide bonds. The smallest absolute Gasteiger partial charge is 0.160 e. The number of hydrogen-bond donors (Lipinski definition) is 0. The second-order valence-electron chi connectivity index (χ2n) is 3.59. The zero-order valence-electron chi connectivity index (χ0n) is 10.0. The summed E-state index contributed by atoms with van der Waals surface area (Å²) < 4.78 is 0. The van der Waals surface area contributed by atoms with E-state index in [0.29, 0.717) is 0 Å². The summed E-state index contributed by atoms with van der Waals surface area (Å²) in [6.45, 7) is 0. The topological polar surface area (TPSA) is 18.5 Å². The van der Waals surface area contributed by atoms with Gasteiger partial charge >= 0.3 is 0 Å². The average molecular weight is 230 g/mol. The molecule has 3 nitrogen and oxygen atoms in total. The van der Waals surface area contributed by atoms with Crippen molar-refractivity contribution in [3.8, 4) is 0 Å². The van der Waals surface area contributed by atoms with Crippen LogP contribution in [-0.4, -0.2) is 14.2 Å². The highest BCUT2D eigenvalue weighted by atomic mass is 17.0. The van der Waals surface area contributed by atoms with E-state index in [4.69, 9.17) is 9.68 Å². The van der Waals surface area contributed by atoms with E-state index in [-0.39, 0.29) is 4.81 Å². The SMILES string of the molecule is CO[N+](OC)(c1ccccc1)c1ccccc1. The summed E-state index contributed by atoms with van der Waals surface area (Å²) in [5, 5.41) is 0. The Hall–Kier alpha value is -1.68. The number of quaternary nitrogens is 1. The van der Waals surface area contributed by atoms with Crippen molar-refractivity contribution in [3.05, 3.63) is 60.7 Å². The lowest BCUT2D eigenvalue weighted by Gasteiger charge is -2.28. The lowest BCUT2D eigenvalue weighted by Crippen LogP contribution is -2.41. The molecule has 0 aromatic heterocycles. The Morgan fingerprint density at radius 1 is 0.647 bits per heavy atom. The minimum atomic E-state index is -0.0817. The van der Waals surface area contributed by atoms with E-state index in [1.165, 1.54) is 0 Å². The molecular formula is C14H16NO2+. The Labute approximate surface area is 101 Å². The van der Waals surface area contributed by atoms with Crippen LogP contribution in [0.4, 0.5) is 11.4 Å². The lowest BCUT2D eigenvalue weighted by atomic mass is 10.2. The van der Waals surface area contributed by atoms with E-state index in [0.717, 1.165) is 11.4 Å². The molecular weight excluding hydrogens is 214 g/mol. The van der Waals surface area contributed by atoms with Crippen molar-refractivity contribution in [2.75, 3.05) is 14.2 Å². The number of nitrogens with zero attached hydrogens (tertiary/aromatic N) is 1. The van der Waals surface area contributed by atoms with Crippen LogP contribution in [0.25, 0.3) is 0 Å². The summed E-state index contributed by atoms with van der Waals surface area (Å²) in [5.41, 5.74) is 1.84. The van der Waals surface area contributed by atoms with Gasteiger partial charge in [0, 0.05) is 29.1 Å². The van der Waals surface area contributed by atoms with Crippen LogP contribution in [0.5, 0.6) is 0 Å². The van der Waals surface area contributed by atoms with Gasteiger partial charge in [-0.3, -0.25) is 0 Å². The molecule has 2 aromatic carbocycles. The minimum absolute atomic E-state index is 0.0817. The van der Waals surface area contributed by atoms with Crippen molar-refractivity contribution in [1.82, 2.24) is 4.81 Å². The van der Waals surface area contributed by atoms with Crippen LogP contribution in [0.2, 0.25) is 0 Å². The molecule has 0 aliphatic rings. The van der Waals surface area contributed by atoms with E-state index in [1.54, 1.807) is 14.2 Å². The predicted molar refractivity (Wildman–Crippen MR) is 68.4 cm³/mol. The fraction of sp³-hybridized carbons (Fsp3) is 0.143. The van der Waals surface area contributed by atoms with Crippen LogP contribution < -0.4 is 4.81 Å². The van der Waals surface area contributed by atoms with Gasteiger partial charge in [0.25, 0.3) is 0 Å². The van der Waals surface area contributed by atoms with Crippen molar-refractivity contribution in [2.45, 2.75) is 0 Å². The number of rotatable bonds is 4.